The van der Waals surface area contributed by atoms with Crippen molar-refractivity contribution in [2.45, 2.75) is 50.3 Å². The number of fused-ring (bicyclic) bond motifs is 1. The third kappa shape index (κ3) is 3.56. The van der Waals surface area contributed by atoms with Crippen LogP contribution < -0.4 is 0 Å². The number of likely N-dealkylation sites (N-methyl/N-ethyl adjacent to an activating group) is 1. The van der Waals surface area contributed by atoms with E-state index in [0.29, 0.717) is 12.6 Å². The molecule has 2 N–H and O–H groups in total. The van der Waals surface area contributed by atoms with Crippen molar-refractivity contribution in [2.24, 2.45) is 0 Å². The van der Waals surface area contributed by atoms with E-state index in [2.05, 4.69) is 39.2 Å². The molecule has 0 radical (unpaired) electrons. The summed E-state index contributed by atoms with van der Waals surface area (Å²) in [7, 11) is 2.11. The summed E-state index contributed by atoms with van der Waals surface area (Å²) in [6.45, 7) is 3.80. The molecule has 0 amide bonds. The molecule has 2 saturated heterocycles. The molecule has 0 bridgehead atoms. The Morgan fingerprint density at radius 2 is 2.04 bits per heavy atom. The van der Waals surface area contributed by atoms with Crippen molar-refractivity contribution in [3.05, 3.63) is 42.1 Å². The van der Waals surface area contributed by atoms with Gasteiger partial charge in [0.1, 0.15) is 0 Å². The maximum Gasteiger partial charge on any atom is 0.0928 e. The molecule has 0 unspecified atom stereocenters. The highest BCUT2D eigenvalue weighted by molar-refractivity contribution is 5.62. The zero-order chi connectivity index (χ0) is 18.0. The Balaban J connectivity index is 1.46. The Labute approximate surface area is 156 Å². The first-order valence-corrected chi connectivity index (χ1v) is 9.88. The number of hydrogen-bond acceptors (Lipinski definition) is 4. The topological polar surface area (TPSA) is 55.4 Å². The van der Waals surface area contributed by atoms with Gasteiger partial charge in [-0.3, -0.25) is 14.9 Å². The molecule has 2 atom stereocenters. The summed E-state index contributed by atoms with van der Waals surface area (Å²) in [5, 5.41) is 18.8. The van der Waals surface area contributed by atoms with Crippen LogP contribution in [0, 0.1) is 0 Å². The molecule has 0 aliphatic carbocycles. The predicted octanol–water partition coefficient (Wildman–Crippen LogP) is 2.89. The van der Waals surface area contributed by atoms with E-state index < -0.39 is 5.60 Å². The quantitative estimate of drug-likeness (QED) is 0.867. The minimum absolute atomic E-state index is 0.324. The zero-order valence-electron chi connectivity index (χ0n) is 15.7. The van der Waals surface area contributed by atoms with Gasteiger partial charge >= 0.3 is 0 Å². The van der Waals surface area contributed by atoms with E-state index >= 15 is 0 Å². The van der Waals surface area contributed by atoms with E-state index in [9.17, 15) is 5.11 Å². The van der Waals surface area contributed by atoms with Crippen molar-refractivity contribution in [2.75, 3.05) is 26.7 Å². The smallest absolute Gasteiger partial charge is 0.0928 e. The van der Waals surface area contributed by atoms with Gasteiger partial charge in [0.2, 0.25) is 0 Å². The zero-order valence-corrected chi connectivity index (χ0v) is 15.7. The van der Waals surface area contributed by atoms with E-state index in [1.54, 1.807) is 0 Å². The van der Waals surface area contributed by atoms with Crippen LogP contribution in [0.4, 0.5) is 0 Å². The maximum atomic E-state index is 11.4. The van der Waals surface area contributed by atoms with E-state index in [0.717, 1.165) is 50.2 Å². The Kier molecular flexibility index (Phi) is 5.11. The van der Waals surface area contributed by atoms with Gasteiger partial charge in [0.15, 0.2) is 0 Å². The van der Waals surface area contributed by atoms with Gasteiger partial charge in [0.25, 0.3) is 0 Å². The highest BCUT2D eigenvalue weighted by Gasteiger charge is 2.44. The Bertz CT molecular complexity index is 714. The summed E-state index contributed by atoms with van der Waals surface area (Å²) in [4.78, 5) is 4.78. The van der Waals surface area contributed by atoms with Crippen LogP contribution in [0.2, 0.25) is 0 Å². The number of aromatic nitrogens is 2. The van der Waals surface area contributed by atoms with Gasteiger partial charge in [-0.2, -0.15) is 5.10 Å². The number of nitrogens with zero attached hydrogens (tertiary/aromatic N) is 3. The van der Waals surface area contributed by atoms with Crippen molar-refractivity contribution < 1.29 is 5.11 Å². The second-order valence-corrected chi connectivity index (χ2v) is 8.06. The lowest BCUT2D eigenvalue weighted by Crippen LogP contribution is -2.62. The predicted molar refractivity (Wildman–Crippen MR) is 104 cm³/mol. The van der Waals surface area contributed by atoms with Crippen molar-refractivity contribution >= 4 is 0 Å². The molecule has 0 spiro atoms. The molecule has 2 aliphatic rings. The number of hydrogen-bond donors (Lipinski definition) is 2. The van der Waals surface area contributed by atoms with Crippen LogP contribution >= 0.6 is 0 Å². The molecular weight excluding hydrogens is 324 g/mol. The fourth-order valence-electron chi connectivity index (χ4n) is 4.91. The van der Waals surface area contributed by atoms with Gasteiger partial charge in [0.05, 0.1) is 17.5 Å². The maximum absolute atomic E-state index is 11.4. The van der Waals surface area contributed by atoms with Gasteiger partial charge in [0, 0.05) is 24.7 Å². The molecule has 26 heavy (non-hydrogen) atoms. The Hall–Kier alpha value is -1.69. The highest BCUT2D eigenvalue weighted by atomic mass is 16.3. The summed E-state index contributed by atoms with van der Waals surface area (Å²) in [6, 6.07) is 10.7. The normalized spacial score (nSPS) is 26.8. The third-order valence-corrected chi connectivity index (χ3v) is 6.05. The summed E-state index contributed by atoms with van der Waals surface area (Å²) in [5.41, 5.74) is 2.82. The first-order valence-electron chi connectivity index (χ1n) is 9.88. The third-order valence-electron chi connectivity index (χ3n) is 6.05. The molecule has 4 rings (SSSR count). The molecule has 140 valence electrons. The lowest BCUT2D eigenvalue weighted by atomic mass is 9.79. The molecule has 5 nitrogen and oxygen atoms in total. The summed E-state index contributed by atoms with van der Waals surface area (Å²) in [6.07, 6.45) is 7.57. The van der Waals surface area contributed by atoms with Gasteiger partial charge in [-0.25, -0.2) is 0 Å². The lowest BCUT2D eigenvalue weighted by Gasteiger charge is -2.50. The minimum atomic E-state index is -0.593. The number of benzene rings is 1. The van der Waals surface area contributed by atoms with Gasteiger partial charge in [-0.15, -0.1) is 0 Å². The van der Waals surface area contributed by atoms with Gasteiger partial charge in [-0.1, -0.05) is 36.8 Å². The van der Waals surface area contributed by atoms with Crippen LogP contribution in [0.3, 0.4) is 0 Å². The lowest BCUT2D eigenvalue weighted by molar-refractivity contribution is -0.107. The number of rotatable bonds is 5. The van der Waals surface area contributed by atoms with Crippen molar-refractivity contribution in [3.63, 3.8) is 0 Å². The molecule has 0 saturated carbocycles. The van der Waals surface area contributed by atoms with Gasteiger partial charge < -0.3 is 5.11 Å². The number of H-pyrrole nitrogens is 1. The molecule has 1 aromatic carbocycles. The molecule has 1 aromatic heterocycles. The SMILES string of the molecule is CN(Cc1cn[nH]c1-c1ccccc1)C[C@]1(O)CCCN2CCCC[C@@H]21. The number of aliphatic hydroxyl groups is 1. The summed E-state index contributed by atoms with van der Waals surface area (Å²) < 4.78 is 0. The molecule has 2 aliphatic heterocycles. The monoisotopic (exact) mass is 354 g/mol. The average molecular weight is 354 g/mol. The molecule has 3 heterocycles. The molecule has 2 aromatic rings. The first-order chi connectivity index (χ1) is 12.7. The fourth-order valence-corrected chi connectivity index (χ4v) is 4.91. The first kappa shape index (κ1) is 17.7. The van der Waals surface area contributed by atoms with Crippen LogP contribution in [-0.2, 0) is 6.54 Å². The molecule has 2 fully saturated rings. The summed E-state index contributed by atoms with van der Waals surface area (Å²) >= 11 is 0. The van der Waals surface area contributed by atoms with Crippen LogP contribution in [0.1, 0.15) is 37.7 Å². The van der Waals surface area contributed by atoms with E-state index in [1.807, 2.05) is 24.4 Å². The number of nitrogens with one attached hydrogen (secondary N) is 1. The Morgan fingerprint density at radius 3 is 2.88 bits per heavy atom. The summed E-state index contributed by atoms with van der Waals surface area (Å²) in [5.74, 6) is 0. The van der Waals surface area contributed by atoms with Crippen LogP contribution in [-0.4, -0.2) is 63.4 Å². The van der Waals surface area contributed by atoms with Crippen molar-refractivity contribution in [1.29, 1.82) is 0 Å². The van der Waals surface area contributed by atoms with E-state index in [1.165, 1.54) is 18.4 Å². The van der Waals surface area contributed by atoms with Crippen molar-refractivity contribution in [3.8, 4) is 11.3 Å². The van der Waals surface area contributed by atoms with Crippen molar-refractivity contribution in [1.82, 2.24) is 20.0 Å². The molecule has 5 heteroatoms. The average Bonchev–Trinajstić information content (AvgIpc) is 3.10. The van der Waals surface area contributed by atoms with Gasteiger partial charge in [-0.05, 0) is 51.4 Å². The van der Waals surface area contributed by atoms with E-state index in [-0.39, 0.29) is 0 Å². The highest BCUT2D eigenvalue weighted by Crippen LogP contribution is 2.35. The second-order valence-electron chi connectivity index (χ2n) is 8.06. The fraction of sp³-hybridized carbons (Fsp3) is 0.571. The van der Waals surface area contributed by atoms with Crippen LogP contribution in [0.15, 0.2) is 36.5 Å². The largest absolute Gasteiger partial charge is 0.387 e. The standard InChI is InChI=1S/C21H30N4O/c1-24(15-18-14-22-23-20(18)17-8-3-2-4-9-17)16-21(26)11-7-13-25-12-6-5-10-19(21)25/h2-4,8-9,14,19,26H,5-7,10-13,15-16H2,1H3,(H,22,23)/t19-,21-/m1/s1. The minimum Gasteiger partial charge on any atom is -0.387 e. The van der Waals surface area contributed by atoms with Crippen LogP contribution in [0.25, 0.3) is 11.3 Å². The second kappa shape index (κ2) is 7.51. The van der Waals surface area contributed by atoms with Crippen LogP contribution in [0.5, 0.6) is 0 Å². The number of aromatic amines is 1. The Morgan fingerprint density at radius 1 is 1.23 bits per heavy atom. The van der Waals surface area contributed by atoms with E-state index in [4.69, 9.17) is 0 Å². The molecular formula is C21H30N4O. The number of piperidine rings is 2.